The van der Waals surface area contributed by atoms with Crippen molar-refractivity contribution in [3.8, 4) is 11.5 Å². The number of hydrogen-bond donors (Lipinski definition) is 3. The summed E-state index contributed by atoms with van der Waals surface area (Å²) in [5.41, 5.74) is 1.24. The van der Waals surface area contributed by atoms with Gasteiger partial charge in [0.25, 0.3) is 0 Å². The second kappa shape index (κ2) is 15.0. The van der Waals surface area contributed by atoms with Crippen LogP contribution in [0.5, 0.6) is 11.5 Å². The van der Waals surface area contributed by atoms with Crippen molar-refractivity contribution in [3.63, 3.8) is 0 Å². The summed E-state index contributed by atoms with van der Waals surface area (Å²) in [5, 5.41) is 15.9. The molecule has 0 aliphatic carbocycles. The van der Waals surface area contributed by atoms with Gasteiger partial charge in [0.05, 0.1) is 16.2 Å². The number of ether oxygens (including phenoxy) is 3. The Hall–Kier alpha value is -4.13. The standard InChI is InChI=1S/C34H43N3O8S/c1-5-34(20-26-12-8-6-9-13-26,37(36-31(38)18-25(2)3)32(39)43-21-27-14-10-7-11-15-27)35-22-33(4,40)23-46(41,42)28-16-17-29-30(19-28)45-24-44-29/h6-17,19,25,35,40H,5,18,20-24H2,1-4H3,(H,36,38)/t33-,34+/m1/s1. The van der Waals surface area contributed by atoms with Crippen molar-refractivity contribution in [2.24, 2.45) is 5.92 Å². The first-order valence-electron chi connectivity index (χ1n) is 15.3. The molecule has 11 nitrogen and oxygen atoms in total. The average molecular weight is 654 g/mol. The molecule has 3 aromatic rings. The van der Waals surface area contributed by atoms with E-state index in [1.54, 1.807) is 0 Å². The summed E-state index contributed by atoms with van der Waals surface area (Å²) in [5.74, 6) is -0.247. The van der Waals surface area contributed by atoms with Crippen LogP contribution in [0.1, 0.15) is 51.7 Å². The van der Waals surface area contributed by atoms with E-state index < -0.39 is 38.9 Å². The number of rotatable bonds is 14. The molecule has 0 unspecified atom stereocenters. The number of nitrogens with one attached hydrogen (secondary N) is 2. The molecule has 0 aromatic heterocycles. The fourth-order valence-corrected chi connectivity index (χ4v) is 6.83. The number of nitrogens with zero attached hydrogens (tertiary/aromatic N) is 1. The smallest absolute Gasteiger partial charge is 0.430 e. The lowest BCUT2D eigenvalue weighted by atomic mass is 9.94. The van der Waals surface area contributed by atoms with Gasteiger partial charge in [-0.15, -0.1) is 0 Å². The van der Waals surface area contributed by atoms with Gasteiger partial charge < -0.3 is 19.3 Å². The monoisotopic (exact) mass is 653 g/mol. The van der Waals surface area contributed by atoms with Crippen molar-refractivity contribution in [1.82, 2.24) is 15.8 Å². The van der Waals surface area contributed by atoms with E-state index in [0.29, 0.717) is 11.5 Å². The van der Waals surface area contributed by atoms with Gasteiger partial charge in [-0.1, -0.05) is 81.4 Å². The quantitative estimate of drug-likeness (QED) is 0.168. The van der Waals surface area contributed by atoms with Crippen molar-refractivity contribution in [2.75, 3.05) is 19.1 Å². The van der Waals surface area contributed by atoms with E-state index in [1.807, 2.05) is 81.4 Å². The van der Waals surface area contributed by atoms with Crippen LogP contribution in [0.25, 0.3) is 0 Å². The molecule has 0 fully saturated rings. The molecule has 1 aliphatic heterocycles. The second-order valence-electron chi connectivity index (χ2n) is 12.2. The Morgan fingerprint density at radius 2 is 1.61 bits per heavy atom. The minimum Gasteiger partial charge on any atom is -0.454 e. The van der Waals surface area contributed by atoms with Crippen LogP contribution in [-0.2, 0) is 32.4 Å². The molecule has 3 aromatic carbocycles. The summed E-state index contributed by atoms with van der Waals surface area (Å²) in [6.07, 6.45) is -0.189. The van der Waals surface area contributed by atoms with Crippen molar-refractivity contribution in [3.05, 3.63) is 90.0 Å². The maximum absolute atomic E-state index is 13.8. The molecular weight excluding hydrogens is 610 g/mol. The van der Waals surface area contributed by atoms with Gasteiger partial charge in [-0.3, -0.25) is 15.5 Å². The number of carbonyl (C=O) groups excluding carboxylic acids is 2. The first-order chi connectivity index (χ1) is 21.8. The highest BCUT2D eigenvalue weighted by Gasteiger charge is 2.43. The van der Waals surface area contributed by atoms with Gasteiger partial charge in [0.2, 0.25) is 12.7 Å². The van der Waals surface area contributed by atoms with Gasteiger partial charge >= 0.3 is 6.09 Å². The Labute approximate surface area is 270 Å². The summed E-state index contributed by atoms with van der Waals surface area (Å²) < 4.78 is 43.2. The zero-order valence-corrected chi connectivity index (χ0v) is 27.5. The SMILES string of the molecule is CC[C@](Cc1ccccc1)(NC[C@@](C)(O)CS(=O)(=O)c1ccc2c(c1)OCO2)N(NC(=O)CC(C)C)C(=O)OCc1ccccc1. The first kappa shape index (κ1) is 34.7. The van der Waals surface area contributed by atoms with Crippen molar-refractivity contribution >= 4 is 21.8 Å². The lowest BCUT2D eigenvalue weighted by molar-refractivity contribution is -0.130. The molecule has 2 amide bonds. The summed E-state index contributed by atoms with van der Waals surface area (Å²) >= 11 is 0. The number of carbonyl (C=O) groups is 2. The predicted molar refractivity (Wildman–Crippen MR) is 172 cm³/mol. The Morgan fingerprint density at radius 1 is 0.978 bits per heavy atom. The van der Waals surface area contributed by atoms with Crippen LogP contribution in [0.3, 0.4) is 0 Å². The van der Waals surface area contributed by atoms with E-state index >= 15 is 0 Å². The molecule has 0 saturated heterocycles. The van der Waals surface area contributed by atoms with Crippen LogP contribution in [0, 0.1) is 5.92 Å². The van der Waals surface area contributed by atoms with Crippen molar-refractivity contribution in [1.29, 1.82) is 0 Å². The Morgan fingerprint density at radius 3 is 2.24 bits per heavy atom. The number of hydrogen-bond acceptors (Lipinski definition) is 9. The van der Waals surface area contributed by atoms with E-state index in [1.165, 1.54) is 25.1 Å². The molecule has 12 heteroatoms. The average Bonchev–Trinajstić information content (AvgIpc) is 3.49. The van der Waals surface area contributed by atoms with E-state index in [9.17, 15) is 23.1 Å². The fraction of sp³-hybridized carbons (Fsp3) is 0.412. The molecule has 1 heterocycles. The Kier molecular flexibility index (Phi) is 11.3. The van der Waals surface area contributed by atoms with Crippen LogP contribution in [-0.4, -0.2) is 60.9 Å². The molecule has 0 bridgehead atoms. The van der Waals surface area contributed by atoms with Crippen molar-refractivity contribution in [2.45, 2.75) is 69.7 Å². The lowest BCUT2D eigenvalue weighted by Gasteiger charge is -2.44. The summed E-state index contributed by atoms with van der Waals surface area (Å²) in [7, 11) is -3.98. The van der Waals surface area contributed by atoms with Crippen molar-refractivity contribution < 1.29 is 37.3 Å². The number of amides is 2. The summed E-state index contributed by atoms with van der Waals surface area (Å²) in [6, 6.07) is 22.8. The van der Waals surface area contributed by atoms with Gasteiger partial charge in [0.1, 0.15) is 12.3 Å². The highest BCUT2D eigenvalue weighted by Crippen LogP contribution is 2.34. The molecule has 0 saturated carbocycles. The van der Waals surface area contributed by atoms with Crippen LogP contribution in [0.4, 0.5) is 4.79 Å². The van der Waals surface area contributed by atoms with Gasteiger partial charge in [-0.25, -0.2) is 13.2 Å². The van der Waals surface area contributed by atoms with Gasteiger partial charge in [-0.2, -0.15) is 5.01 Å². The minimum absolute atomic E-state index is 0.00102. The number of sulfone groups is 1. The third-order valence-corrected chi connectivity index (χ3v) is 9.55. The number of benzene rings is 3. The van der Waals surface area contributed by atoms with Crippen LogP contribution in [0.15, 0.2) is 83.8 Å². The van der Waals surface area contributed by atoms with Gasteiger partial charge in [0, 0.05) is 25.5 Å². The third-order valence-electron chi connectivity index (χ3n) is 7.57. The molecule has 2 atom stereocenters. The molecule has 46 heavy (non-hydrogen) atoms. The highest BCUT2D eigenvalue weighted by atomic mass is 32.2. The maximum Gasteiger partial charge on any atom is 0.430 e. The van der Waals surface area contributed by atoms with Crippen LogP contribution >= 0.6 is 0 Å². The Bertz CT molecular complexity index is 1580. The van der Waals surface area contributed by atoms with E-state index in [2.05, 4.69) is 10.7 Å². The molecule has 0 radical (unpaired) electrons. The summed E-state index contributed by atoms with van der Waals surface area (Å²) in [4.78, 5) is 27.0. The van der Waals surface area contributed by atoms with E-state index in [0.717, 1.165) is 16.1 Å². The second-order valence-corrected chi connectivity index (χ2v) is 14.2. The van der Waals surface area contributed by atoms with E-state index in [-0.39, 0.29) is 50.0 Å². The van der Waals surface area contributed by atoms with Gasteiger partial charge in [0.15, 0.2) is 21.3 Å². The number of hydrazine groups is 1. The molecule has 1 aliphatic rings. The number of aliphatic hydroxyl groups is 1. The fourth-order valence-electron chi connectivity index (χ4n) is 5.18. The zero-order chi connectivity index (χ0) is 33.4. The highest BCUT2D eigenvalue weighted by molar-refractivity contribution is 7.91. The molecular formula is C34H43N3O8S. The molecule has 0 spiro atoms. The summed E-state index contributed by atoms with van der Waals surface area (Å²) in [6.45, 7) is 6.74. The van der Waals surface area contributed by atoms with E-state index in [4.69, 9.17) is 14.2 Å². The first-order valence-corrected chi connectivity index (χ1v) is 16.9. The maximum atomic E-state index is 13.8. The molecule has 248 valence electrons. The lowest BCUT2D eigenvalue weighted by Crippen LogP contribution is -2.69. The topological polar surface area (TPSA) is 144 Å². The molecule has 3 N–H and O–H groups in total. The normalized spacial score (nSPS) is 15.1. The zero-order valence-electron chi connectivity index (χ0n) is 26.7. The van der Waals surface area contributed by atoms with Crippen LogP contribution in [0.2, 0.25) is 0 Å². The minimum atomic E-state index is -3.98. The largest absolute Gasteiger partial charge is 0.454 e. The molecule has 4 rings (SSSR count). The van der Waals surface area contributed by atoms with Crippen LogP contribution < -0.4 is 20.2 Å². The van der Waals surface area contributed by atoms with Gasteiger partial charge in [-0.05, 0) is 42.5 Å². The predicted octanol–water partition coefficient (Wildman–Crippen LogP) is 4.59. The number of fused-ring (bicyclic) bond motifs is 1. The third kappa shape index (κ3) is 9.21. The Balaban J connectivity index is 1.63.